The predicted molar refractivity (Wildman–Crippen MR) is 63.7 cm³/mol. The normalized spacial score (nSPS) is 23.7. The molecule has 0 amide bonds. The van der Waals surface area contributed by atoms with Crippen LogP contribution in [-0.4, -0.2) is 26.7 Å². The first-order chi connectivity index (χ1) is 9.08. The van der Waals surface area contributed by atoms with Gasteiger partial charge in [0.25, 0.3) is 0 Å². The molecule has 0 bridgehead atoms. The number of hydrogen-bond acceptors (Lipinski definition) is 3. The number of alkyl halides is 2. The monoisotopic (exact) mass is 273 g/mol. The minimum atomic E-state index is -2.60. The second kappa shape index (κ2) is 6.10. The van der Waals surface area contributed by atoms with Gasteiger partial charge in [-0.05, 0) is 19.3 Å². The predicted octanol–water partition coefficient (Wildman–Crippen LogP) is 2.01. The van der Waals surface area contributed by atoms with Gasteiger partial charge in [-0.25, -0.2) is 4.98 Å². The summed E-state index contributed by atoms with van der Waals surface area (Å²) >= 11 is 0. The molecule has 106 valence electrons. The number of carboxylic acid groups (broad SMARTS) is 1. The van der Waals surface area contributed by atoms with E-state index in [4.69, 9.17) is 5.11 Å². The maximum atomic E-state index is 12.6. The van der Waals surface area contributed by atoms with Crippen molar-refractivity contribution in [1.82, 2.24) is 14.9 Å². The molecule has 1 saturated carbocycles. The first-order valence-electron chi connectivity index (χ1n) is 6.34. The second-order valence-electron chi connectivity index (χ2n) is 4.81. The van der Waals surface area contributed by atoms with E-state index in [0.717, 1.165) is 17.4 Å². The third-order valence-electron chi connectivity index (χ3n) is 3.53. The Morgan fingerprint density at radius 2 is 2.37 bits per heavy atom. The SMILES string of the molecule is O=C(O)C1CCCC(NCc2nccn2C(F)F)C1. The lowest BCUT2D eigenvalue weighted by atomic mass is 9.86. The van der Waals surface area contributed by atoms with Crippen molar-refractivity contribution in [2.75, 3.05) is 0 Å². The van der Waals surface area contributed by atoms with Gasteiger partial charge in [-0.1, -0.05) is 6.42 Å². The molecular weight excluding hydrogens is 256 g/mol. The Kier molecular flexibility index (Phi) is 4.47. The summed E-state index contributed by atoms with van der Waals surface area (Å²) in [6, 6.07) is 0.0534. The number of nitrogens with one attached hydrogen (secondary N) is 1. The smallest absolute Gasteiger partial charge is 0.319 e. The van der Waals surface area contributed by atoms with Crippen LogP contribution < -0.4 is 5.32 Å². The van der Waals surface area contributed by atoms with Crippen LogP contribution in [0.25, 0.3) is 0 Å². The average Bonchev–Trinajstić information content (AvgIpc) is 2.85. The van der Waals surface area contributed by atoms with Crippen LogP contribution in [0.3, 0.4) is 0 Å². The number of hydrogen-bond donors (Lipinski definition) is 2. The third-order valence-corrected chi connectivity index (χ3v) is 3.53. The Labute approximate surface area is 109 Å². The molecular formula is C12H17F2N3O2. The third kappa shape index (κ3) is 3.50. The summed E-state index contributed by atoms with van der Waals surface area (Å²) in [5, 5.41) is 12.1. The summed E-state index contributed by atoms with van der Waals surface area (Å²) in [6.07, 6.45) is 5.54. The van der Waals surface area contributed by atoms with Gasteiger partial charge < -0.3 is 10.4 Å². The van der Waals surface area contributed by atoms with Crippen LogP contribution in [0, 0.1) is 5.92 Å². The Hall–Kier alpha value is -1.50. The standard InChI is InChI=1S/C12H17F2N3O2/c13-12(14)17-5-4-15-10(17)7-16-9-3-1-2-8(6-9)11(18)19/h4-5,8-9,12,16H,1-3,6-7H2,(H,18,19). The molecule has 1 aromatic rings. The fourth-order valence-corrected chi connectivity index (χ4v) is 2.49. The molecule has 2 N–H and O–H groups in total. The van der Waals surface area contributed by atoms with Gasteiger partial charge in [-0.3, -0.25) is 9.36 Å². The van der Waals surface area contributed by atoms with Crippen molar-refractivity contribution in [3.05, 3.63) is 18.2 Å². The van der Waals surface area contributed by atoms with E-state index in [2.05, 4.69) is 10.3 Å². The summed E-state index contributed by atoms with van der Waals surface area (Å²) in [4.78, 5) is 14.8. The van der Waals surface area contributed by atoms with E-state index in [9.17, 15) is 13.6 Å². The highest BCUT2D eigenvalue weighted by Crippen LogP contribution is 2.24. The van der Waals surface area contributed by atoms with E-state index >= 15 is 0 Å². The zero-order chi connectivity index (χ0) is 13.8. The zero-order valence-electron chi connectivity index (χ0n) is 10.4. The van der Waals surface area contributed by atoms with Gasteiger partial charge in [0.1, 0.15) is 5.82 Å². The molecule has 2 rings (SSSR count). The van der Waals surface area contributed by atoms with E-state index < -0.39 is 12.5 Å². The Morgan fingerprint density at radius 1 is 1.58 bits per heavy atom. The molecule has 5 nitrogen and oxygen atoms in total. The number of nitrogens with zero attached hydrogens (tertiary/aromatic N) is 2. The minimum absolute atomic E-state index is 0.0534. The largest absolute Gasteiger partial charge is 0.481 e. The summed E-state index contributed by atoms with van der Waals surface area (Å²) < 4.78 is 26.0. The molecule has 2 unspecified atom stereocenters. The van der Waals surface area contributed by atoms with Gasteiger partial charge in [0.2, 0.25) is 0 Å². The van der Waals surface area contributed by atoms with E-state index in [1.165, 1.54) is 12.4 Å². The summed E-state index contributed by atoms with van der Waals surface area (Å²) in [5.41, 5.74) is 0. The lowest BCUT2D eigenvalue weighted by molar-refractivity contribution is -0.143. The van der Waals surface area contributed by atoms with Crippen molar-refractivity contribution in [3.8, 4) is 0 Å². The highest BCUT2D eigenvalue weighted by atomic mass is 19.3. The van der Waals surface area contributed by atoms with Gasteiger partial charge in [-0.15, -0.1) is 0 Å². The maximum absolute atomic E-state index is 12.6. The van der Waals surface area contributed by atoms with Gasteiger partial charge in [-0.2, -0.15) is 8.78 Å². The van der Waals surface area contributed by atoms with Crippen LogP contribution in [0.5, 0.6) is 0 Å². The fourth-order valence-electron chi connectivity index (χ4n) is 2.49. The maximum Gasteiger partial charge on any atom is 0.319 e. The van der Waals surface area contributed by atoms with Crippen LogP contribution >= 0.6 is 0 Å². The molecule has 1 heterocycles. The van der Waals surface area contributed by atoms with Crippen molar-refractivity contribution in [3.63, 3.8) is 0 Å². The van der Waals surface area contributed by atoms with Crippen LogP contribution in [0.1, 0.15) is 38.1 Å². The van der Waals surface area contributed by atoms with Crippen molar-refractivity contribution >= 4 is 5.97 Å². The molecule has 19 heavy (non-hydrogen) atoms. The summed E-state index contributed by atoms with van der Waals surface area (Å²) in [7, 11) is 0. The fraction of sp³-hybridized carbons (Fsp3) is 0.667. The quantitative estimate of drug-likeness (QED) is 0.861. The first-order valence-corrected chi connectivity index (χ1v) is 6.34. The highest BCUT2D eigenvalue weighted by molar-refractivity contribution is 5.70. The number of aliphatic carboxylic acids is 1. The molecule has 7 heteroatoms. The van der Waals surface area contributed by atoms with Crippen LogP contribution in [0.4, 0.5) is 8.78 Å². The van der Waals surface area contributed by atoms with Crippen molar-refractivity contribution in [2.45, 2.75) is 44.8 Å². The van der Waals surface area contributed by atoms with Crippen molar-refractivity contribution in [1.29, 1.82) is 0 Å². The van der Waals surface area contributed by atoms with Crippen molar-refractivity contribution < 1.29 is 18.7 Å². The molecule has 1 aliphatic rings. The lowest BCUT2D eigenvalue weighted by Gasteiger charge is -2.27. The van der Waals surface area contributed by atoms with Crippen LogP contribution in [-0.2, 0) is 11.3 Å². The number of carboxylic acids is 1. The Balaban J connectivity index is 1.88. The van der Waals surface area contributed by atoms with Gasteiger partial charge >= 0.3 is 12.5 Å². The number of imidazole rings is 1. The summed E-state index contributed by atoms with van der Waals surface area (Å²) in [5.74, 6) is -0.839. The van der Waals surface area contributed by atoms with Gasteiger partial charge in [0.05, 0.1) is 12.5 Å². The molecule has 1 aromatic heterocycles. The Bertz CT molecular complexity index is 436. The van der Waals surface area contributed by atoms with Gasteiger partial charge in [0, 0.05) is 18.4 Å². The lowest BCUT2D eigenvalue weighted by Crippen LogP contribution is -2.36. The van der Waals surface area contributed by atoms with E-state index in [1.807, 2.05) is 0 Å². The Morgan fingerprint density at radius 3 is 3.05 bits per heavy atom. The number of halogens is 2. The number of carbonyl (C=O) groups is 1. The van der Waals surface area contributed by atoms with Crippen molar-refractivity contribution in [2.24, 2.45) is 5.92 Å². The van der Waals surface area contributed by atoms with Crippen LogP contribution in [0.15, 0.2) is 12.4 Å². The molecule has 2 atom stereocenters. The number of rotatable bonds is 5. The molecule has 1 aliphatic carbocycles. The molecule has 0 saturated heterocycles. The average molecular weight is 273 g/mol. The first kappa shape index (κ1) is 13.9. The van der Waals surface area contributed by atoms with Crippen LogP contribution in [0.2, 0.25) is 0 Å². The van der Waals surface area contributed by atoms with E-state index in [1.54, 1.807) is 0 Å². The molecule has 0 radical (unpaired) electrons. The minimum Gasteiger partial charge on any atom is -0.481 e. The second-order valence-corrected chi connectivity index (χ2v) is 4.81. The summed E-state index contributed by atoms with van der Waals surface area (Å²) in [6.45, 7) is -2.37. The molecule has 0 spiro atoms. The zero-order valence-corrected chi connectivity index (χ0v) is 10.4. The molecule has 0 aliphatic heterocycles. The van der Waals surface area contributed by atoms with E-state index in [-0.39, 0.29) is 24.3 Å². The number of aromatic nitrogens is 2. The highest BCUT2D eigenvalue weighted by Gasteiger charge is 2.26. The van der Waals surface area contributed by atoms with E-state index in [0.29, 0.717) is 12.8 Å². The topological polar surface area (TPSA) is 67.2 Å². The van der Waals surface area contributed by atoms with Gasteiger partial charge in [0.15, 0.2) is 0 Å². The molecule has 1 fully saturated rings. The molecule has 0 aromatic carbocycles.